The van der Waals surface area contributed by atoms with Crippen LogP contribution in [0.5, 0.6) is 0 Å². The molecule has 1 aromatic rings. The molecule has 5 rings (SSSR count). The third-order valence-electron chi connectivity index (χ3n) is 9.88. The summed E-state index contributed by atoms with van der Waals surface area (Å²) < 4.78 is 1.89. The molecule has 4 fully saturated rings. The van der Waals surface area contributed by atoms with E-state index >= 15 is 0 Å². The second-order valence-electron chi connectivity index (χ2n) is 11.1. The lowest BCUT2D eigenvalue weighted by atomic mass is 9.45. The molecule has 0 spiro atoms. The predicted octanol–water partition coefficient (Wildman–Crippen LogP) is 4.69. The summed E-state index contributed by atoms with van der Waals surface area (Å²) in [7, 11) is 1.96. The zero-order valence-corrected chi connectivity index (χ0v) is 18.4. The minimum absolute atomic E-state index is 0.0937. The molecular weight excluding hydrogens is 360 g/mol. The summed E-state index contributed by atoms with van der Waals surface area (Å²) in [4.78, 5) is 13.5. The molecule has 7 atom stereocenters. The first kappa shape index (κ1) is 19.5. The van der Waals surface area contributed by atoms with Crippen molar-refractivity contribution in [3.63, 3.8) is 0 Å². The van der Waals surface area contributed by atoms with Crippen molar-refractivity contribution in [3.05, 3.63) is 23.0 Å². The Bertz CT molecular complexity index is 870. The van der Waals surface area contributed by atoms with Gasteiger partial charge in [-0.05, 0) is 99.0 Å². The van der Waals surface area contributed by atoms with Crippen molar-refractivity contribution in [1.29, 1.82) is 0 Å². The third kappa shape index (κ3) is 2.74. The number of aromatic nitrogens is 2. The van der Waals surface area contributed by atoms with Gasteiger partial charge in [0.1, 0.15) is 0 Å². The highest BCUT2D eigenvalue weighted by Crippen LogP contribution is 2.66. The predicted molar refractivity (Wildman–Crippen MR) is 114 cm³/mol. The number of ketones is 1. The fourth-order valence-corrected chi connectivity index (χ4v) is 7.88. The molecule has 0 bridgehead atoms. The van der Waals surface area contributed by atoms with Crippen LogP contribution in [0.2, 0.25) is 0 Å². The number of Topliss-reactive ketones (excluding diaryl/α,β-unsaturated/α-hetero) is 1. The summed E-state index contributed by atoms with van der Waals surface area (Å²) in [6, 6.07) is 0. The second kappa shape index (κ2) is 6.54. The number of allylic oxidation sites excluding steroid dienone is 1. The Morgan fingerprint density at radius 3 is 2.69 bits per heavy atom. The summed E-state index contributed by atoms with van der Waals surface area (Å²) in [5.74, 6) is 2.94. The van der Waals surface area contributed by atoms with E-state index in [1.807, 2.05) is 17.9 Å². The van der Waals surface area contributed by atoms with Gasteiger partial charge in [-0.3, -0.25) is 9.48 Å². The number of aliphatic hydroxyl groups excluding tert-OH is 1. The van der Waals surface area contributed by atoms with Crippen molar-refractivity contribution < 1.29 is 9.90 Å². The van der Waals surface area contributed by atoms with Gasteiger partial charge in [0.25, 0.3) is 0 Å². The largest absolute Gasteiger partial charge is 0.393 e. The summed E-state index contributed by atoms with van der Waals surface area (Å²) in [5, 5.41) is 14.6. The Morgan fingerprint density at radius 1 is 1.17 bits per heavy atom. The first-order chi connectivity index (χ1) is 13.7. The van der Waals surface area contributed by atoms with Crippen molar-refractivity contribution in [2.24, 2.45) is 41.5 Å². The van der Waals surface area contributed by atoms with Gasteiger partial charge in [-0.1, -0.05) is 13.8 Å². The molecule has 1 heterocycles. The van der Waals surface area contributed by atoms with Crippen LogP contribution in [0.4, 0.5) is 0 Å². The SMILES string of the molecule is Cc1c(/C=C2/C[C@H]3[C@H]4CC[C@@H]5C[C@H](O)CC[C@]5(C)[C@@H]4CC[C@]3(C)C2=O)cnn1C. The molecule has 0 saturated heterocycles. The van der Waals surface area contributed by atoms with E-state index in [4.69, 9.17) is 0 Å². The van der Waals surface area contributed by atoms with Gasteiger partial charge in [-0.2, -0.15) is 5.10 Å². The number of carbonyl (C=O) groups excluding carboxylic acids is 1. The summed E-state index contributed by atoms with van der Waals surface area (Å²) in [6.45, 7) is 6.84. The maximum atomic E-state index is 13.5. The van der Waals surface area contributed by atoms with Gasteiger partial charge in [0.05, 0.1) is 12.3 Å². The van der Waals surface area contributed by atoms with Crippen LogP contribution in [0.25, 0.3) is 6.08 Å². The van der Waals surface area contributed by atoms with Crippen LogP contribution in [0, 0.1) is 41.4 Å². The molecule has 0 amide bonds. The zero-order chi connectivity index (χ0) is 20.6. The summed E-state index contributed by atoms with van der Waals surface area (Å²) in [5.41, 5.74) is 3.42. The number of fused-ring (bicyclic) bond motifs is 5. The van der Waals surface area contributed by atoms with E-state index in [2.05, 4.69) is 31.9 Å². The van der Waals surface area contributed by atoms with Crippen LogP contribution in [-0.2, 0) is 11.8 Å². The van der Waals surface area contributed by atoms with Crippen LogP contribution in [-0.4, -0.2) is 26.8 Å². The van der Waals surface area contributed by atoms with Crippen LogP contribution in [0.15, 0.2) is 11.8 Å². The average Bonchev–Trinajstić information content (AvgIpc) is 3.14. The molecule has 0 aromatic carbocycles. The fraction of sp³-hybridized carbons (Fsp3) is 0.760. The zero-order valence-electron chi connectivity index (χ0n) is 18.4. The second-order valence-corrected chi connectivity index (χ2v) is 11.1. The highest BCUT2D eigenvalue weighted by molar-refractivity contribution is 6.06. The quantitative estimate of drug-likeness (QED) is 0.701. The van der Waals surface area contributed by atoms with E-state index in [0.29, 0.717) is 29.0 Å². The number of hydrogen-bond donors (Lipinski definition) is 1. The van der Waals surface area contributed by atoms with Gasteiger partial charge in [0.15, 0.2) is 5.78 Å². The highest BCUT2D eigenvalue weighted by Gasteiger charge is 2.61. The Balaban J connectivity index is 1.46. The average molecular weight is 397 g/mol. The molecule has 1 N–H and O–H groups in total. The first-order valence-corrected chi connectivity index (χ1v) is 11.7. The molecule has 29 heavy (non-hydrogen) atoms. The molecule has 0 unspecified atom stereocenters. The number of nitrogens with zero attached hydrogens (tertiary/aromatic N) is 2. The minimum Gasteiger partial charge on any atom is -0.393 e. The van der Waals surface area contributed by atoms with Crippen LogP contribution in [0.3, 0.4) is 0 Å². The van der Waals surface area contributed by atoms with Gasteiger partial charge in [-0.15, -0.1) is 0 Å². The molecule has 0 radical (unpaired) electrons. The molecular formula is C25H36N2O2. The number of aryl methyl sites for hydroxylation is 1. The van der Waals surface area contributed by atoms with E-state index in [-0.39, 0.29) is 11.5 Å². The normalized spacial score (nSPS) is 45.8. The Hall–Kier alpha value is -1.42. The van der Waals surface area contributed by atoms with Crippen LogP contribution >= 0.6 is 0 Å². The highest BCUT2D eigenvalue weighted by atomic mass is 16.3. The number of hydrogen-bond acceptors (Lipinski definition) is 3. The van der Waals surface area contributed by atoms with E-state index in [1.54, 1.807) is 0 Å². The fourth-order valence-electron chi connectivity index (χ4n) is 7.88. The maximum absolute atomic E-state index is 13.5. The Morgan fingerprint density at radius 2 is 1.97 bits per heavy atom. The van der Waals surface area contributed by atoms with Gasteiger partial charge in [0.2, 0.25) is 0 Å². The third-order valence-corrected chi connectivity index (χ3v) is 9.88. The molecule has 4 heteroatoms. The Labute approximate surface area is 174 Å². The van der Waals surface area contributed by atoms with Gasteiger partial charge < -0.3 is 5.11 Å². The van der Waals surface area contributed by atoms with E-state index < -0.39 is 0 Å². The summed E-state index contributed by atoms with van der Waals surface area (Å²) in [6.07, 6.45) is 12.7. The molecule has 158 valence electrons. The molecule has 4 saturated carbocycles. The van der Waals surface area contributed by atoms with Crippen LogP contribution in [0.1, 0.15) is 76.5 Å². The standard InChI is InChI=1S/C25H36N2O2/c1-15-17(14-26-27(15)4)11-16-12-22-20-6-5-18-13-19(28)7-9-24(18,2)21(20)8-10-25(22,3)23(16)29/h11,14,18-22,28H,5-10,12-13H2,1-4H3/b16-11-/t18-,19-,20+,21-,22+,24+,25+/m1/s1. The lowest BCUT2D eigenvalue weighted by Crippen LogP contribution is -2.54. The minimum atomic E-state index is -0.180. The molecule has 4 aliphatic carbocycles. The first-order valence-electron chi connectivity index (χ1n) is 11.7. The lowest BCUT2D eigenvalue weighted by Gasteiger charge is -2.59. The van der Waals surface area contributed by atoms with Crippen molar-refractivity contribution in [2.45, 2.75) is 78.2 Å². The molecule has 0 aliphatic heterocycles. The van der Waals surface area contributed by atoms with Crippen molar-refractivity contribution >= 4 is 11.9 Å². The van der Waals surface area contributed by atoms with Crippen molar-refractivity contribution in [3.8, 4) is 0 Å². The van der Waals surface area contributed by atoms with Crippen molar-refractivity contribution in [1.82, 2.24) is 9.78 Å². The topological polar surface area (TPSA) is 55.1 Å². The number of rotatable bonds is 1. The Kier molecular flexibility index (Phi) is 4.40. The monoisotopic (exact) mass is 396 g/mol. The number of aliphatic hydroxyl groups is 1. The molecule has 4 aliphatic rings. The molecule has 4 nitrogen and oxygen atoms in total. The van der Waals surface area contributed by atoms with Crippen molar-refractivity contribution in [2.75, 3.05) is 0 Å². The van der Waals surface area contributed by atoms with E-state index in [0.717, 1.165) is 54.9 Å². The van der Waals surface area contributed by atoms with E-state index in [1.165, 1.54) is 19.3 Å². The lowest BCUT2D eigenvalue weighted by molar-refractivity contribution is -0.141. The number of carbonyl (C=O) groups is 1. The smallest absolute Gasteiger partial charge is 0.165 e. The van der Waals surface area contributed by atoms with E-state index in [9.17, 15) is 9.90 Å². The van der Waals surface area contributed by atoms with Crippen LogP contribution < -0.4 is 0 Å². The van der Waals surface area contributed by atoms with Gasteiger partial charge >= 0.3 is 0 Å². The van der Waals surface area contributed by atoms with Gasteiger partial charge in [0, 0.05) is 23.7 Å². The summed E-state index contributed by atoms with van der Waals surface area (Å²) >= 11 is 0. The van der Waals surface area contributed by atoms with Gasteiger partial charge in [-0.25, -0.2) is 0 Å². The molecule has 1 aromatic heterocycles. The maximum Gasteiger partial charge on any atom is 0.165 e.